The Balaban J connectivity index is 1.85. The van der Waals surface area contributed by atoms with Crippen LogP contribution in [0.2, 0.25) is 0 Å². The van der Waals surface area contributed by atoms with Crippen LogP contribution in [0.25, 0.3) is 0 Å². The number of benzene rings is 1. The molecule has 0 saturated carbocycles. The molecule has 1 N–H and O–H groups in total. The van der Waals surface area contributed by atoms with E-state index < -0.39 is 0 Å². The van der Waals surface area contributed by atoms with Gasteiger partial charge in [0.2, 0.25) is 5.91 Å². The van der Waals surface area contributed by atoms with E-state index in [1.54, 1.807) is 0 Å². The smallest absolute Gasteiger partial charge is 0.230 e. The predicted octanol–water partition coefficient (Wildman–Crippen LogP) is 1.96. The summed E-state index contributed by atoms with van der Waals surface area (Å²) in [6.07, 6.45) is 2.95. The van der Waals surface area contributed by atoms with Gasteiger partial charge in [0.1, 0.15) is 0 Å². The van der Waals surface area contributed by atoms with Crippen LogP contribution in [0.5, 0.6) is 0 Å². The highest BCUT2D eigenvalue weighted by molar-refractivity contribution is 5.97. The van der Waals surface area contributed by atoms with Crippen LogP contribution < -0.4 is 10.2 Å². The van der Waals surface area contributed by atoms with Crippen LogP contribution in [0.1, 0.15) is 25.3 Å². The van der Waals surface area contributed by atoms with Crippen LogP contribution in [-0.2, 0) is 11.2 Å². The second-order valence-corrected chi connectivity index (χ2v) is 5.41. The SMILES string of the molecule is C[C@H]1Cc2ccccc2N1C(=O)C1CCNCC1. The minimum atomic E-state index is 0.208. The van der Waals surface area contributed by atoms with Gasteiger partial charge in [-0.2, -0.15) is 0 Å². The highest BCUT2D eigenvalue weighted by Gasteiger charge is 2.34. The summed E-state index contributed by atoms with van der Waals surface area (Å²) < 4.78 is 0. The number of nitrogens with zero attached hydrogens (tertiary/aromatic N) is 1. The average Bonchev–Trinajstić information content (AvgIpc) is 2.75. The van der Waals surface area contributed by atoms with Gasteiger partial charge in [-0.3, -0.25) is 4.79 Å². The highest BCUT2D eigenvalue weighted by Crippen LogP contribution is 2.34. The maximum Gasteiger partial charge on any atom is 0.230 e. The van der Waals surface area contributed by atoms with E-state index >= 15 is 0 Å². The van der Waals surface area contributed by atoms with Crippen LogP contribution in [0.15, 0.2) is 24.3 Å². The van der Waals surface area contributed by atoms with Gasteiger partial charge < -0.3 is 10.2 Å². The standard InChI is InChI=1S/C15H20N2O/c1-11-10-13-4-2-3-5-14(13)17(11)15(18)12-6-8-16-9-7-12/h2-5,11-12,16H,6-10H2,1H3/t11-/m0/s1. The van der Waals surface area contributed by atoms with Crippen molar-refractivity contribution in [3.05, 3.63) is 29.8 Å². The van der Waals surface area contributed by atoms with Gasteiger partial charge >= 0.3 is 0 Å². The van der Waals surface area contributed by atoms with Gasteiger partial charge in [-0.1, -0.05) is 18.2 Å². The first kappa shape index (κ1) is 11.7. The Kier molecular flexibility index (Phi) is 3.08. The third-order valence-corrected chi connectivity index (χ3v) is 4.13. The first-order valence-electron chi connectivity index (χ1n) is 6.89. The summed E-state index contributed by atoms with van der Waals surface area (Å²) >= 11 is 0. The fourth-order valence-electron chi connectivity index (χ4n) is 3.17. The Morgan fingerprint density at radius 1 is 1.28 bits per heavy atom. The second kappa shape index (κ2) is 4.73. The van der Waals surface area contributed by atoms with E-state index in [0.717, 1.165) is 38.0 Å². The molecule has 1 fully saturated rings. The molecule has 96 valence electrons. The molecule has 2 aliphatic rings. The molecule has 0 unspecified atom stereocenters. The lowest BCUT2D eigenvalue weighted by atomic mass is 9.96. The Hall–Kier alpha value is -1.35. The molecule has 3 rings (SSSR count). The summed E-state index contributed by atoms with van der Waals surface area (Å²) in [6.45, 7) is 4.10. The van der Waals surface area contributed by atoms with E-state index in [9.17, 15) is 4.79 Å². The maximum atomic E-state index is 12.7. The van der Waals surface area contributed by atoms with E-state index in [-0.39, 0.29) is 5.92 Å². The molecule has 1 aromatic carbocycles. The summed E-state index contributed by atoms with van der Waals surface area (Å²) in [5.74, 6) is 0.536. The van der Waals surface area contributed by atoms with E-state index in [0.29, 0.717) is 11.9 Å². The second-order valence-electron chi connectivity index (χ2n) is 5.41. The number of rotatable bonds is 1. The van der Waals surface area contributed by atoms with E-state index in [1.807, 2.05) is 11.0 Å². The molecule has 0 radical (unpaired) electrons. The average molecular weight is 244 g/mol. The Labute approximate surface area is 108 Å². The molecule has 0 bridgehead atoms. The van der Waals surface area contributed by atoms with Crippen molar-refractivity contribution in [2.24, 2.45) is 5.92 Å². The van der Waals surface area contributed by atoms with Crippen molar-refractivity contribution in [3.63, 3.8) is 0 Å². The molecule has 3 heteroatoms. The number of amides is 1. The molecule has 1 saturated heterocycles. The lowest BCUT2D eigenvalue weighted by Crippen LogP contribution is -2.43. The lowest BCUT2D eigenvalue weighted by molar-refractivity contribution is -0.123. The van der Waals surface area contributed by atoms with E-state index in [1.165, 1.54) is 5.56 Å². The summed E-state index contributed by atoms with van der Waals surface area (Å²) in [7, 11) is 0. The van der Waals surface area contributed by atoms with Crippen molar-refractivity contribution >= 4 is 11.6 Å². The van der Waals surface area contributed by atoms with Crippen LogP contribution in [0, 0.1) is 5.92 Å². The zero-order valence-corrected chi connectivity index (χ0v) is 10.9. The molecule has 1 aromatic rings. The molecule has 2 aliphatic heterocycles. The van der Waals surface area contributed by atoms with Gasteiger partial charge in [0.15, 0.2) is 0 Å². The number of nitrogens with one attached hydrogen (secondary N) is 1. The molecule has 2 heterocycles. The van der Waals surface area contributed by atoms with E-state index in [4.69, 9.17) is 0 Å². The minimum absolute atomic E-state index is 0.208. The van der Waals surface area contributed by atoms with Crippen LogP contribution in [0.4, 0.5) is 5.69 Å². The Morgan fingerprint density at radius 3 is 2.78 bits per heavy atom. The number of hydrogen-bond acceptors (Lipinski definition) is 2. The summed E-state index contributed by atoms with van der Waals surface area (Å²) in [4.78, 5) is 14.7. The quantitative estimate of drug-likeness (QED) is 0.819. The van der Waals surface area contributed by atoms with Gasteiger partial charge in [-0.05, 0) is 50.9 Å². The van der Waals surface area contributed by atoms with Crippen molar-refractivity contribution < 1.29 is 4.79 Å². The minimum Gasteiger partial charge on any atom is -0.317 e. The molecule has 3 nitrogen and oxygen atoms in total. The van der Waals surface area contributed by atoms with Crippen LogP contribution in [-0.4, -0.2) is 25.0 Å². The molecule has 1 amide bonds. The first-order chi connectivity index (χ1) is 8.77. The van der Waals surface area contributed by atoms with Crippen molar-refractivity contribution in [1.29, 1.82) is 0 Å². The first-order valence-corrected chi connectivity index (χ1v) is 6.89. The molecule has 0 spiro atoms. The maximum absolute atomic E-state index is 12.7. The van der Waals surface area contributed by atoms with Gasteiger partial charge in [0, 0.05) is 17.6 Å². The Bertz CT molecular complexity index is 452. The largest absolute Gasteiger partial charge is 0.317 e. The monoisotopic (exact) mass is 244 g/mol. The third-order valence-electron chi connectivity index (χ3n) is 4.13. The van der Waals surface area contributed by atoms with Gasteiger partial charge in [-0.15, -0.1) is 0 Å². The van der Waals surface area contributed by atoms with E-state index in [2.05, 4.69) is 30.4 Å². The summed E-state index contributed by atoms with van der Waals surface area (Å²) in [5, 5.41) is 3.32. The van der Waals surface area contributed by atoms with Gasteiger partial charge in [-0.25, -0.2) is 0 Å². The number of fused-ring (bicyclic) bond motifs is 1. The molecule has 18 heavy (non-hydrogen) atoms. The number of carbonyl (C=O) groups excluding carboxylic acids is 1. The number of anilines is 1. The predicted molar refractivity (Wildman–Crippen MR) is 72.7 cm³/mol. The highest BCUT2D eigenvalue weighted by atomic mass is 16.2. The fourth-order valence-corrected chi connectivity index (χ4v) is 3.17. The molecule has 0 aliphatic carbocycles. The third kappa shape index (κ3) is 1.93. The van der Waals surface area contributed by atoms with Crippen LogP contribution >= 0.6 is 0 Å². The van der Waals surface area contributed by atoms with Crippen molar-refractivity contribution in [2.75, 3.05) is 18.0 Å². The lowest BCUT2D eigenvalue weighted by Gasteiger charge is -2.30. The zero-order chi connectivity index (χ0) is 12.5. The number of carbonyl (C=O) groups is 1. The number of hydrogen-bond donors (Lipinski definition) is 1. The van der Waals surface area contributed by atoms with Crippen molar-refractivity contribution in [1.82, 2.24) is 5.32 Å². The molecular weight excluding hydrogens is 224 g/mol. The zero-order valence-electron chi connectivity index (χ0n) is 10.9. The van der Waals surface area contributed by atoms with Crippen LogP contribution in [0.3, 0.4) is 0 Å². The summed E-state index contributed by atoms with van der Waals surface area (Å²) in [6, 6.07) is 8.62. The Morgan fingerprint density at radius 2 is 2.00 bits per heavy atom. The van der Waals surface area contributed by atoms with Crippen molar-refractivity contribution in [3.8, 4) is 0 Å². The summed E-state index contributed by atoms with van der Waals surface area (Å²) in [5.41, 5.74) is 2.45. The fraction of sp³-hybridized carbons (Fsp3) is 0.533. The topological polar surface area (TPSA) is 32.3 Å². The van der Waals surface area contributed by atoms with Gasteiger partial charge in [0.25, 0.3) is 0 Å². The molecule has 0 aromatic heterocycles. The molecule has 1 atom stereocenters. The van der Waals surface area contributed by atoms with Crippen molar-refractivity contribution in [2.45, 2.75) is 32.2 Å². The molecular formula is C15H20N2O. The van der Waals surface area contributed by atoms with Gasteiger partial charge in [0.05, 0.1) is 0 Å². The number of piperidine rings is 1. The number of para-hydroxylation sites is 1. The normalized spacial score (nSPS) is 24.1.